The van der Waals surface area contributed by atoms with E-state index < -0.39 is 0 Å². The normalized spacial score (nSPS) is 10.1. The summed E-state index contributed by atoms with van der Waals surface area (Å²) in [6, 6.07) is 14.6. The van der Waals surface area contributed by atoms with E-state index in [0.29, 0.717) is 24.3 Å². The number of rotatable bonds is 8. The number of methoxy groups -OCH3 is 1. The summed E-state index contributed by atoms with van der Waals surface area (Å²) < 4.78 is 10.8. The average Bonchev–Trinajstić information content (AvgIpc) is 2.66. The molecule has 0 saturated heterocycles. The van der Waals surface area contributed by atoms with Crippen molar-refractivity contribution in [1.82, 2.24) is 10.2 Å². The van der Waals surface area contributed by atoms with Crippen LogP contribution in [0.4, 0.5) is 0 Å². The minimum atomic E-state index is -0.243. The Balaban J connectivity index is 1.96. The van der Waals surface area contributed by atoms with E-state index in [9.17, 15) is 9.59 Å². The number of hydrogen-bond acceptors (Lipinski definition) is 4. The predicted molar refractivity (Wildman–Crippen MR) is 99.7 cm³/mol. The molecule has 0 fully saturated rings. The Morgan fingerprint density at radius 1 is 1.00 bits per heavy atom. The molecule has 0 spiro atoms. The monoisotopic (exact) mass is 356 g/mol. The topological polar surface area (TPSA) is 67.9 Å². The van der Waals surface area contributed by atoms with Gasteiger partial charge in [0.1, 0.15) is 11.5 Å². The molecule has 0 unspecified atom stereocenters. The summed E-state index contributed by atoms with van der Waals surface area (Å²) in [5.41, 5.74) is 1.43. The first-order valence-corrected chi connectivity index (χ1v) is 8.35. The molecule has 2 aromatic carbocycles. The molecule has 2 aromatic rings. The lowest BCUT2D eigenvalue weighted by atomic mass is 10.1. The van der Waals surface area contributed by atoms with Crippen molar-refractivity contribution < 1.29 is 19.1 Å². The van der Waals surface area contributed by atoms with Crippen LogP contribution in [0.3, 0.4) is 0 Å². The van der Waals surface area contributed by atoms with Crippen LogP contribution in [-0.2, 0) is 11.2 Å². The van der Waals surface area contributed by atoms with Gasteiger partial charge in [0.2, 0.25) is 0 Å². The Kier molecular flexibility index (Phi) is 7.02. The maximum atomic E-state index is 12.5. The molecular weight excluding hydrogens is 332 g/mol. The highest BCUT2D eigenvalue weighted by molar-refractivity contribution is 5.97. The van der Waals surface area contributed by atoms with E-state index in [4.69, 9.17) is 9.47 Å². The zero-order valence-corrected chi connectivity index (χ0v) is 15.3. The molecule has 0 heterocycles. The fourth-order valence-corrected chi connectivity index (χ4v) is 2.36. The molecule has 26 heavy (non-hydrogen) atoms. The van der Waals surface area contributed by atoms with Crippen molar-refractivity contribution in [3.63, 3.8) is 0 Å². The Bertz CT molecular complexity index is 759. The summed E-state index contributed by atoms with van der Waals surface area (Å²) in [6.07, 6.45) is 0.651. The summed E-state index contributed by atoms with van der Waals surface area (Å²) in [5, 5.41) is 2.88. The highest BCUT2D eigenvalue weighted by Crippen LogP contribution is 2.19. The number of amides is 2. The van der Waals surface area contributed by atoms with Gasteiger partial charge in [-0.25, -0.2) is 0 Å². The third-order valence-corrected chi connectivity index (χ3v) is 3.85. The highest BCUT2D eigenvalue weighted by Gasteiger charge is 2.14. The molecule has 0 atom stereocenters. The minimum absolute atomic E-state index is 0.113. The van der Waals surface area contributed by atoms with Crippen molar-refractivity contribution in [2.75, 3.05) is 34.4 Å². The van der Waals surface area contributed by atoms with Gasteiger partial charge in [-0.3, -0.25) is 9.59 Å². The second-order valence-corrected chi connectivity index (χ2v) is 5.89. The Labute approximate surface area is 153 Å². The molecule has 0 aromatic heterocycles. The lowest BCUT2D eigenvalue weighted by Crippen LogP contribution is -2.29. The number of benzene rings is 2. The van der Waals surface area contributed by atoms with Crippen LogP contribution >= 0.6 is 0 Å². The molecule has 0 aliphatic carbocycles. The largest absolute Gasteiger partial charge is 0.496 e. The maximum Gasteiger partial charge on any atom is 0.259 e. The van der Waals surface area contributed by atoms with E-state index >= 15 is 0 Å². The van der Waals surface area contributed by atoms with Crippen LogP contribution in [0.25, 0.3) is 0 Å². The molecule has 0 bridgehead atoms. The van der Waals surface area contributed by atoms with Crippen LogP contribution in [0.5, 0.6) is 11.5 Å². The lowest BCUT2D eigenvalue weighted by molar-refractivity contribution is -0.130. The van der Waals surface area contributed by atoms with Crippen molar-refractivity contribution in [3.05, 3.63) is 59.7 Å². The van der Waals surface area contributed by atoms with Gasteiger partial charge in [0.25, 0.3) is 11.8 Å². The summed E-state index contributed by atoms with van der Waals surface area (Å²) in [7, 11) is 4.93. The van der Waals surface area contributed by atoms with Gasteiger partial charge >= 0.3 is 0 Å². The zero-order chi connectivity index (χ0) is 18.9. The predicted octanol–water partition coefficient (Wildman–Crippen LogP) is 2.13. The van der Waals surface area contributed by atoms with Gasteiger partial charge in [-0.15, -0.1) is 0 Å². The van der Waals surface area contributed by atoms with Crippen LogP contribution in [0, 0.1) is 0 Å². The number of hydrogen-bond donors (Lipinski definition) is 1. The third-order valence-electron chi connectivity index (χ3n) is 3.85. The molecule has 6 nitrogen and oxygen atoms in total. The van der Waals surface area contributed by atoms with E-state index in [2.05, 4.69) is 5.32 Å². The van der Waals surface area contributed by atoms with E-state index in [1.807, 2.05) is 24.3 Å². The van der Waals surface area contributed by atoms with Gasteiger partial charge in [0.05, 0.1) is 12.7 Å². The zero-order valence-electron chi connectivity index (χ0n) is 15.3. The van der Waals surface area contributed by atoms with Crippen LogP contribution in [0.1, 0.15) is 15.9 Å². The molecule has 138 valence electrons. The average molecular weight is 356 g/mol. The van der Waals surface area contributed by atoms with Gasteiger partial charge in [-0.1, -0.05) is 30.3 Å². The summed E-state index contributed by atoms with van der Waals surface area (Å²) in [6.45, 7) is 0.350. The van der Waals surface area contributed by atoms with Crippen LogP contribution in [-0.4, -0.2) is 51.1 Å². The summed E-state index contributed by atoms with van der Waals surface area (Å²) in [5.74, 6) is 0.773. The fraction of sp³-hybridized carbons (Fsp3) is 0.300. The Morgan fingerprint density at radius 3 is 2.35 bits per heavy atom. The third kappa shape index (κ3) is 5.24. The number of ether oxygens (including phenoxy) is 2. The summed E-state index contributed by atoms with van der Waals surface area (Å²) in [4.78, 5) is 25.6. The molecular formula is C20H24N2O4. The number of likely N-dealkylation sites (N-methyl/N-ethyl adjacent to an activating group) is 1. The standard InChI is InChI=1S/C20H24N2O4/c1-22(2)19(23)14-26-18-11-7-5-9-16(18)20(24)21-13-12-15-8-4-6-10-17(15)25-3/h4-11H,12-14H2,1-3H3,(H,21,24). The first kappa shape index (κ1) is 19.3. The van der Waals surface area contributed by atoms with Gasteiger partial charge < -0.3 is 19.7 Å². The Morgan fingerprint density at radius 2 is 1.65 bits per heavy atom. The number of para-hydroxylation sites is 2. The van der Waals surface area contributed by atoms with E-state index in [-0.39, 0.29) is 18.4 Å². The van der Waals surface area contributed by atoms with E-state index in [1.165, 1.54) is 4.90 Å². The second-order valence-electron chi connectivity index (χ2n) is 5.89. The first-order valence-electron chi connectivity index (χ1n) is 8.35. The Hall–Kier alpha value is -3.02. The molecule has 1 N–H and O–H groups in total. The van der Waals surface area contributed by atoms with E-state index in [0.717, 1.165) is 11.3 Å². The van der Waals surface area contributed by atoms with Crippen LogP contribution < -0.4 is 14.8 Å². The number of carbonyl (C=O) groups excluding carboxylic acids is 2. The van der Waals surface area contributed by atoms with Crippen molar-refractivity contribution in [3.8, 4) is 11.5 Å². The molecule has 2 amide bonds. The quantitative estimate of drug-likeness (QED) is 0.787. The summed E-state index contributed by atoms with van der Waals surface area (Å²) >= 11 is 0. The molecule has 2 rings (SSSR count). The first-order chi connectivity index (χ1) is 12.5. The molecule has 0 saturated carbocycles. The lowest BCUT2D eigenvalue weighted by Gasteiger charge is -2.14. The molecule has 6 heteroatoms. The van der Waals surface area contributed by atoms with Crippen molar-refractivity contribution in [2.45, 2.75) is 6.42 Å². The number of nitrogens with zero attached hydrogens (tertiary/aromatic N) is 1. The highest BCUT2D eigenvalue weighted by atomic mass is 16.5. The van der Waals surface area contributed by atoms with Crippen molar-refractivity contribution in [1.29, 1.82) is 0 Å². The van der Waals surface area contributed by atoms with Gasteiger partial charge in [-0.05, 0) is 30.2 Å². The van der Waals surface area contributed by atoms with Gasteiger partial charge in [-0.2, -0.15) is 0 Å². The number of nitrogens with one attached hydrogen (secondary N) is 1. The SMILES string of the molecule is COc1ccccc1CCNC(=O)c1ccccc1OCC(=O)N(C)C. The van der Waals surface area contributed by atoms with Crippen LogP contribution in [0.15, 0.2) is 48.5 Å². The van der Waals surface area contributed by atoms with Gasteiger partial charge in [0, 0.05) is 20.6 Å². The molecule has 0 radical (unpaired) electrons. The van der Waals surface area contributed by atoms with Crippen molar-refractivity contribution in [2.24, 2.45) is 0 Å². The number of carbonyl (C=O) groups is 2. The van der Waals surface area contributed by atoms with Crippen LogP contribution in [0.2, 0.25) is 0 Å². The second kappa shape index (κ2) is 9.46. The van der Waals surface area contributed by atoms with Crippen molar-refractivity contribution >= 4 is 11.8 Å². The fourth-order valence-electron chi connectivity index (χ4n) is 2.36. The van der Waals surface area contributed by atoms with E-state index in [1.54, 1.807) is 45.5 Å². The molecule has 0 aliphatic rings. The molecule has 0 aliphatic heterocycles. The minimum Gasteiger partial charge on any atom is -0.496 e. The van der Waals surface area contributed by atoms with Gasteiger partial charge in [0.15, 0.2) is 6.61 Å². The maximum absolute atomic E-state index is 12.5. The smallest absolute Gasteiger partial charge is 0.259 e.